The van der Waals surface area contributed by atoms with Crippen LogP contribution in [-0.4, -0.2) is 21.0 Å². The molecule has 6 heteroatoms. The van der Waals surface area contributed by atoms with E-state index < -0.39 is 0 Å². The Morgan fingerprint density at radius 2 is 1.61 bits per heavy atom. The molecule has 1 aliphatic heterocycles. The molecule has 0 saturated heterocycles. The van der Waals surface area contributed by atoms with Gasteiger partial charge in [0.2, 0.25) is 0 Å². The van der Waals surface area contributed by atoms with Gasteiger partial charge in [0.25, 0.3) is 0 Å². The number of urea groups is 1. The topological polar surface area (TPSA) is 82.7 Å². The number of aromatic amines is 1. The van der Waals surface area contributed by atoms with Crippen LogP contribution in [0.2, 0.25) is 0 Å². The zero-order valence-electron chi connectivity index (χ0n) is 14.9. The molecule has 0 saturated carbocycles. The Balaban J connectivity index is 1.78. The highest BCUT2D eigenvalue weighted by Crippen LogP contribution is 2.37. The van der Waals surface area contributed by atoms with E-state index in [0.717, 1.165) is 39.3 Å². The number of H-pyrrole nitrogens is 1. The van der Waals surface area contributed by atoms with Gasteiger partial charge in [-0.25, -0.2) is 9.78 Å². The van der Waals surface area contributed by atoms with Gasteiger partial charge >= 0.3 is 6.03 Å². The molecule has 3 heterocycles. The van der Waals surface area contributed by atoms with Crippen molar-refractivity contribution in [1.82, 2.24) is 25.6 Å². The summed E-state index contributed by atoms with van der Waals surface area (Å²) in [5.41, 5.74) is 5.31. The van der Waals surface area contributed by atoms with Gasteiger partial charge in [-0.05, 0) is 35.4 Å². The second kappa shape index (κ2) is 6.66. The van der Waals surface area contributed by atoms with Crippen LogP contribution in [-0.2, 0) is 0 Å². The molecule has 0 aliphatic carbocycles. The van der Waals surface area contributed by atoms with Crippen LogP contribution in [0.25, 0.3) is 22.3 Å². The molecule has 2 aromatic carbocycles. The number of para-hydroxylation sites is 2. The Labute approximate surface area is 161 Å². The number of nitrogens with one attached hydrogen (secondary N) is 3. The lowest BCUT2D eigenvalue weighted by molar-refractivity contribution is 0.242. The second-order valence-electron chi connectivity index (χ2n) is 6.57. The van der Waals surface area contributed by atoms with Crippen molar-refractivity contribution in [2.45, 2.75) is 6.04 Å². The lowest BCUT2D eigenvalue weighted by Crippen LogP contribution is -2.43. The molecule has 1 unspecified atom stereocenters. The molecule has 0 spiro atoms. The molecule has 5 rings (SSSR count). The minimum absolute atomic E-state index is 0.250. The van der Waals surface area contributed by atoms with Gasteiger partial charge in [-0.15, -0.1) is 0 Å². The van der Waals surface area contributed by atoms with E-state index in [4.69, 9.17) is 4.98 Å². The molecule has 6 nitrogen and oxygen atoms in total. The quantitative estimate of drug-likeness (QED) is 0.514. The predicted octanol–water partition coefficient (Wildman–Crippen LogP) is 3.88. The third-order valence-corrected chi connectivity index (χ3v) is 4.82. The zero-order valence-corrected chi connectivity index (χ0v) is 14.9. The molecule has 1 aliphatic rings. The Bertz CT molecular complexity index is 1150. The molecule has 28 heavy (non-hydrogen) atoms. The molecular formula is C22H17N5O. The van der Waals surface area contributed by atoms with E-state index in [1.54, 1.807) is 12.4 Å². The number of rotatable bonds is 3. The summed E-state index contributed by atoms with van der Waals surface area (Å²) in [5.74, 6) is 0.717. The summed E-state index contributed by atoms with van der Waals surface area (Å²) in [6, 6.07) is 20.9. The molecule has 0 fully saturated rings. The van der Waals surface area contributed by atoms with E-state index >= 15 is 0 Å². The average molecular weight is 367 g/mol. The molecule has 0 bridgehead atoms. The monoisotopic (exact) mass is 367 g/mol. The Morgan fingerprint density at radius 3 is 2.39 bits per heavy atom. The third-order valence-electron chi connectivity index (χ3n) is 4.82. The third kappa shape index (κ3) is 2.81. The first-order valence-electron chi connectivity index (χ1n) is 9.02. The zero-order chi connectivity index (χ0) is 18.9. The Hall–Kier alpha value is -3.93. The number of nitrogens with zero attached hydrogens (tertiary/aromatic N) is 2. The van der Waals surface area contributed by atoms with Crippen molar-refractivity contribution in [2.75, 3.05) is 0 Å². The molecule has 0 radical (unpaired) electrons. The summed E-state index contributed by atoms with van der Waals surface area (Å²) >= 11 is 0. The van der Waals surface area contributed by atoms with E-state index in [2.05, 4.69) is 20.6 Å². The molecule has 136 valence electrons. The van der Waals surface area contributed by atoms with Gasteiger partial charge in [0.15, 0.2) is 0 Å². The maximum Gasteiger partial charge on any atom is 0.320 e. The van der Waals surface area contributed by atoms with E-state index in [9.17, 15) is 4.79 Å². The highest BCUT2D eigenvalue weighted by Gasteiger charge is 2.31. The Morgan fingerprint density at radius 1 is 0.857 bits per heavy atom. The van der Waals surface area contributed by atoms with Crippen LogP contribution >= 0.6 is 0 Å². The van der Waals surface area contributed by atoms with Crippen LogP contribution in [0.4, 0.5) is 4.79 Å². The van der Waals surface area contributed by atoms with Crippen LogP contribution in [0.5, 0.6) is 0 Å². The van der Waals surface area contributed by atoms with Crippen molar-refractivity contribution < 1.29 is 4.79 Å². The molecule has 1 atom stereocenters. The standard InChI is InChI=1S/C22H17N5O/c28-22-26-19(14-6-2-1-3-7-14)18(20(27-22)15-10-12-23-13-11-15)21-24-16-8-4-5-9-17(16)25-21/h1-13,20H,(H,24,25)(H2,26,27,28). The second-order valence-corrected chi connectivity index (χ2v) is 6.57. The van der Waals surface area contributed by atoms with Crippen molar-refractivity contribution >= 4 is 28.3 Å². The summed E-state index contributed by atoms with van der Waals surface area (Å²) in [6.07, 6.45) is 3.45. The van der Waals surface area contributed by atoms with Crippen molar-refractivity contribution in [3.05, 3.63) is 96.1 Å². The SMILES string of the molecule is O=C1NC(c2ccccc2)=C(c2nc3ccccc3[nH]2)C(c2ccncc2)N1. The maximum atomic E-state index is 12.5. The molecule has 2 aromatic heterocycles. The van der Waals surface area contributed by atoms with Crippen molar-refractivity contribution in [1.29, 1.82) is 0 Å². The van der Waals surface area contributed by atoms with E-state index in [-0.39, 0.29) is 12.1 Å². The smallest absolute Gasteiger partial charge is 0.320 e. The lowest BCUT2D eigenvalue weighted by Gasteiger charge is -2.29. The van der Waals surface area contributed by atoms with Gasteiger partial charge in [0.05, 0.1) is 22.8 Å². The minimum atomic E-state index is -0.354. The first-order chi connectivity index (χ1) is 13.8. The van der Waals surface area contributed by atoms with Gasteiger partial charge in [-0.2, -0.15) is 0 Å². The highest BCUT2D eigenvalue weighted by atomic mass is 16.2. The fraction of sp³-hybridized carbons (Fsp3) is 0.0455. The summed E-state index contributed by atoms with van der Waals surface area (Å²) in [5, 5.41) is 6.01. The molecule has 3 N–H and O–H groups in total. The van der Waals surface area contributed by atoms with Crippen LogP contribution in [0, 0.1) is 0 Å². The normalized spacial score (nSPS) is 16.7. The summed E-state index contributed by atoms with van der Waals surface area (Å²) in [4.78, 5) is 24.8. The average Bonchev–Trinajstić information content (AvgIpc) is 3.18. The van der Waals surface area contributed by atoms with Gasteiger partial charge in [0.1, 0.15) is 5.82 Å². The Kier molecular flexibility index (Phi) is 3.87. The van der Waals surface area contributed by atoms with Crippen LogP contribution in [0.3, 0.4) is 0 Å². The first kappa shape index (κ1) is 16.3. The number of hydrogen-bond acceptors (Lipinski definition) is 3. The van der Waals surface area contributed by atoms with Gasteiger partial charge in [-0.3, -0.25) is 4.98 Å². The van der Waals surface area contributed by atoms with Crippen LogP contribution < -0.4 is 10.6 Å². The number of hydrogen-bond donors (Lipinski definition) is 3. The fourth-order valence-corrected chi connectivity index (χ4v) is 3.54. The summed E-state index contributed by atoms with van der Waals surface area (Å²) in [6.45, 7) is 0. The van der Waals surface area contributed by atoms with Gasteiger partial charge in [-0.1, -0.05) is 42.5 Å². The number of amides is 2. The number of benzene rings is 2. The van der Waals surface area contributed by atoms with E-state index in [0.29, 0.717) is 0 Å². The summed E-state index contributed by atoms with van der Waals surface area (Å²) < 4.78 is 0. The number of carbonyl (C=O) groups excluding carboxylic acids is 1. The number of fused-ring (bicyclic) bond motifs is 1. The van der Waals surface area contributed by atoms with E-state index in [1.165, 1.54) is 0 Å². The largest absolute Gasteiger partial charge is 0.338 e. The molecule has 2 amide bonds. The van der Waals surface area contributed by atoms with E-state index in [1.807, 2.05) is 66.7 Å². The van der Waals surface area contributed by atoms with Crippen molar-refractivity contribution in [3.63, 3.8) is 0 Å². The minimum Gasteiger partial charge on any atom is -0.338 e. The number of pyridine rings is 1. The number of carbonyl (C=O) groups is 1. The lowest BCUT2D eigenvalue weighted by atomic mass is 9.93. The maximum absolute atomic E-state index is 12.5. The van der Waals surface area contributed by atoms with Crippen molar-refractivity contribution in [2.24, 2.45) is 0 Å². The molecule has 4 aromatic rings. The predicted molar refractivity (Wildman–Crippen MR) is 108 cm³/mol. The van der Waals surface area contributed by atoms with Crippen LogP contribution in [0.15, 0.2) is 79.1 Å². The first-order valence-corrected chi connectivity index (χ1v) is 9.02. The number of imidazole rings is 1. The fourth-order valence-electron chi connectivity index (χ4n) is 3.54. The van der Waals surface area contributed by atoms with Crippen LogP contribution in [0.1, 0.15) is 23.0 Å². The summed E-state index contributed by atoms with van der Waals surface area (Å²) in [7, 11) is 0. The molecular weight excluding hydrogens is 350 g/mol. The number of aromatic nitrogens is 3. The van der Waals surface area contributed by atoms with Gasteiger partial charge in [0, 0.05) is 18.0 Å². The van der Waals surface area contributed by atoms with Gasteiger partial charge < -0.3 is 15.6 Å². The highest BCUT2D eigenvalue weighted by molar-refractivity contribution is 6.02. The van der Waals surface area contributed by atoms with Crippen molar-refractivity contribution in [3.8, 4) is 0 Å².